The van der Waals surface area contributed by atoms with Gasteiger partial charge < -0.3 is 15.0 Å². The number of hydrogen-bond donors (Lipinski definition) is 1. The van der Waals surface area contributed by atoms with E-state index in [1.54, 1.807) is 11.1 Å². The van der Waals surface area contributed by atoms with Crippen molar-refractivity contribution in [2.24, 2.45) is 5.41 Å². The summed E-state index contributed by atoms with van der Waals surface area (Å²) in [7, 11) is 0. The standard InChI is InChI=1S/C25H28F2N4O2/c1-25(2,3)22(31-14-18(12-28)33-24(31)32)23-29-21(19-11-17(26)9-10-20(19)27)15-30(23)13-16-7-5-4-6-8-16/h4-11,15,18,22H,12-14,28H2,1-3H3/p+1. The molecule has 1 aromatic heterocycles. The molecule has 3 aromatic rings. The zero-order chi connectivity index (χ0) is 23.8. The van der Waals surface area contributed by atoms with Gasteiger partial charge in [-0.2, -0.15) is 0 Å². The van der Waals surface area contributed by atoms with Crippen molar-refractivity contribution in [2.75, 3.05) is 13.1 Å². The second-order valence-corrected chi connectivity index (χ2v) is 9.44. The molecule has 6 nitrogen and oxygen atoms in total. The van der Waals surface area contributed by atoms with Gasteiger partial charge in [0, 0.05) is 18.3 Å². The lowest BCUT2D eigenvalue weighted by molar-refractivity contribution is -0.380. The molecule has 2 aromatic carbocycles. The first-order valence-electron chi connectivity index (χ1n) is 11.0. The van der Waals surface area contributed by atoms with E-state index in [0.717, 1.165) is 23.8 Å². The van der Waals surface area contributed by atoms with Gasteiger partial charge in [0.2, 0.25) is 0 Å². The zero-order valence-electron chi connectivity index (χ0n) is 19.1. The van der Waals surface area contributed by atoms with Crippen LogP contribution in [-0.2, 0) is 11.3 Å². The Kier molecular flexibility index (Phi) is 6.21. The Bertz CT molecular complexity index is 1140. The molecule has 3 N–H and O–H groups in total. The predicted molar refractivity (Wildman–Crippen MR) is 120 cm³/mol. The third-order valence-electron chi connectivity index (χ3n) is 5.81. The zero-order valence-corrected chi connectivity index (χ0v) is 19.1. The van der Waals surface area contributed by atoms with Gasteiger partial charge >= 0.3 is 6.09 Å². The van der Waals surface area contributed by atoms with Crippen LogP contribution in [0.1, 0.15) is 38.2 Å². The number of halogens is 2. The summed E-state index contributed by atoms with van der Waals surface area (Å²) in [6.45, 7) is 7.39. The van der Waals surface area contributed by atoms with Gasteiger partial charge in [-0.1, -0.05) is 51.1 Å². The van der Waals surface area contributed by atoms with E-state index in [1.807, 2.05) is 55.7 Å². The van der Waals surface area contributed by atoms with Gasteiger partial charge in [-0.15, -0.1) is 0 Å². The van der Waals surface area contributed by atoms with Gasteiger partial charge in [0.25, 0.3) is 0 Å². The van der Waals surface area contributed by atoms with Gasteiger partial charge in [0.1, 0.15) is 24.0 Å². The largest absolute Gasteiger partial charge is 0.438 e. The van der Waals surface area contributed by atoms with Crippen LogP contribution in [0.2, 0.25) is 0 Å². The molecule has 1 aliphatic rings. The van der Waals surface area contributed by atoms with Gasteiger partial charge in [0.05, 0.1) is 18.3 Å². The number of ether oxygens (including phenoxy) is 1. The fourth-order valence-corrected chi connectivity index (χ4v) is 4.28. The van der Waals surface area contributed by atoms with Gasteiger partial charge in [-0.05, 0) is 29.2 Å². The fourth-order valence-electron chi connectivity index (χ4n) is 4.28. The first-order chi connectivity index (χ1) is 15.7. The molecule has 1 fully saturated rings. The summed E-state index contributed by atoms with van der Waals surface area (Å²) in [5.41, 5.74) is 4.87. The molecule has 1 amide bonds. The van der Waals surface area contributed by atoms with Crippen LogP contribution in [0, 0.1) is 17.0 Å². The number of cyclic esters (lactones) is 1. The molecular formula is C25H29F2N4O2+. The first-order valence-corrected chi connectivity index (χ1v) is 11.0. The maximum absolute atomic E-state index is 14.6. The van der Waals surface area contributed by atoms with Crippen molar-refractivity contribution in [3.05, 3.63) is 77.8 Å². The number of imidazole rings is 1. The minimum Gasteiger partial charge on any atom is -0.438 e. The van der Waals surface area contributed by atoms with Crippen LogP contribution in [0.5, 0.6) is 0 Å². The van der Waals surface area contributed by atoms with Crippen LogP contribution in [0.4, 0.5) is 13.6 Å². The van der Waals surface area contributed by atoms with Crippen molar-refractivity contribution in [3.8, 4) is 11.3 Å². The van der Waals surface area contributed by atoms with E-state index in [-0.39, 0.29) is 11.7 Å². The molecule has 0 aliphatic carbocycles. The van der Waals surface area contributed by atoms with Gasteiger partial charge in [0.15, 0.2) is 6.10 Å². The Morgan fingerprint density at radius 1 is 1.18 bits per heavy atom. The minimum absolute atomic E-state index is 0.0790. The van der Waals surface area contributed by atoms with E-state index in [2.05, 4.69) is 5.73 Å². The third kappa shape index (κ3) is 4.75. The molecule has 0 saturated carbocycles. The molecule has 2 atom stereocenters. The van der Waals surface area contributed by atoms with Crippen molar-refractivity contribution >= 4 is 6.09 Å². The molecule has 0 spiro atoms. The average molecular weight is 456 g/mol. The van der Waals surface area contributed by atoms with Crippen LogP contribution in [0.3, 0.4) is 0 Å². The molecule has 33 heavy (non-hydrogen) atoms. The predicted octanol–water partition coefficient (Wildman–Crippen LogP) is 4.03. The van der Waals surface area contributed by atoms with Crippen molar-refractivity contribution in [1.29, 1.82) is 0 Å². The summed E-state index contributed by atoms with van der Waals surface area (Å²) in [4.78, 5) is 19.2. The summed E-state index contributed by atoms with van der Waals surface area (Å²) < 4.78 is 35.9. The van der Waals surface area contributed by atoms with E-state index in [9.17, 15) is 13.6 Å². The molecule has 0 bridgehead atoms. The Labute approximate surface area is 192 Å². The summed E-state index contributed by atoms with van der Waals surface area (Å²) in [6, 6.07) is 12.7. The number of amides is 1. The summed E-state index contributed by atoms with van der Waals surface area (Å²) >= 11 is 0. The fraction of sp³-hybridized carbons (Fsp3) is 0.360. The van der Waals surface area contributed by atoms with Gasteiger partial charge in [-0.25, -0.2) is 18.6 Å². The van der Waals surface area contributed by atoms with Crippen molar-refractivity contribution in [2.45, 2.75) is 39.5 Å². The number of benzene rings is 2. The summed E-state index contributed by atoms with van der Waals surface area (Å²) in [5, 5.41) is 0. The molecule has 2 unspecified atom stereocenters. The number of nitrogens with zero attached hydrogens (tertiary/aromatic N) is 3. The maximum Gasteiger partial charge on any atom is 0.411 e. The molecule has 4 rings (SSSR count). The normalized spacial score (nSPS) is 17.3. The molecule has 2 heterocycles. The highest BCUT2D eigenvalue weighted by molar-refractivity contribution is 5.71. The second kappa shape index (κ2) is 8.94. The van der Waals surface area contributed by atoms with Crippen LogP contribution in [0.15, 0.2) is 54.7 Å². The minimum atomic E-state index is -0.558. The molecule has 1 aliphatic heterocycles. The number of hydrogen-bond acceptors (Lipinski definition) is 3. The average Bonchev–Trinajstić information content (AvgIpc) is 3.33. The molecule has 174 valence electrons. The van der Waals surface area contributed by atoms with Crippen LogP contribution >= 0.6 is 0 Å². The van der Waals surface area contributed by atoms with Crippen molar-refractivity contribution in [3.63, 3.8) is 0 Å². The van der Waals surface area contributed by atoms with E-state index in [1.165, 1.54) is 0 Å². The SMILES string of the molecule is CC(C)(C)C(c1nc(-c2cc(F)ccc2F)cn1Cc1ccccc1)N1CC(C[NH3+])OC1=O. The highest BCUT2D eigenvalue weighted by Gasteiger charge is 2.44. The number of carbonyl (C=O) groups excluding carboxylic acids is 1. The van der Waals surface area contributed by atoms with Gasteiger partial charge in [-0.3, -0.25) is 4.90 Å². The third-order valence-corrected chi connectivity index (χ3v) is 5.81. The number of quaternary nitrogens is 1. The molecule has 8 heteroatoms. The van der Waals surface area contributed by atoms with E-state index >= 15 is 0 Å². The highest BCUT2D eigenvalue weighted by atomic mass is 19.1. The van der Waals surface area contributed by atoms with E-state index < -0.39 is 29.2 Å². The number of aromatic nitrogens is 2. The topological polar surface area (TPSA) is 75.0 Å². The van der Waals surface area contributed by atoms with E-state index in [4.69, 9.17) is 9.72 Å². The second-order valence-electron chi connectivity index (χ2n) is 9.44. The van der Waals surface area contributed by atoms with Crippen LogP contribution < -0.4 is 5.73 Å². The molecular weight excluding hydrogens is 426 g/mol. The first kappa shape index (κ1) is 22.9. The quantitative estimate of drug-likeness (QED) is 0.610. The highest BCUT2D eigenvalue weighted by Crippen LogP contribution is 2.41. The summed E-state index contributed by atoms with van der Waals surface area (Å²) in [6.07, 6.45) is 1.01. The number of rotatable bonds is 6. The summed E-state index contributed by atoms with van der Waals surface area (Å²) in [5.74, 6) is -0.511. The number of carbonyl (C=O) groups is 1. The van der Waals surface area contributed by atoms with Crippen molar-refractivity contribution < 1.29 is 24.0 Å². The lowest BCUT2D eigenvalue weighted by Gasteiger charge is -2.36. The Morgan fingerprint density at radius 3 is 2.55 bits per heavy atom. The molecule has 0 radical (unpaired) electrons. The smallest absolute Gasteiger partial charge is 0.411 e. The lowest BCUT2D eigenvalue weighted by atomic mass is 9.85. The van der Waals surface area contributed by atoms with E-state index in [0.29, 0.717) is 31.2 Å². The maximum atomic E-state index is 14.6. The van der Waals surface area contributed by atoms with Crippen LogP contribution in [0.25, 0.3) is 11.3 Å². The van der Waals surface area contributed by atoms with Crippen LogP contribution in [-0.4, -0.2) is 39.7 Å². The molecule has 1 saturated heterocycles. The Balaban J connectivity index is 1.85. The monoisotopic (exact) mass is 455 g/mol. The Morgan fingerprint density at radius 2 is 1.91 bits per heavy atom. The Hall–Kier alpha value is -3.26. The van der Waals surface area contributed by atoms with Crippen molar-refractivity contribution in [1.82, 2.24) is 14.5 Å². The lowest BCUT2D eigenvalue weighted by Crippen LogP contribution is -2.56.